The van der Waals surface area contributed by atoms with Crippen LogP contribution in [-0.4, -0.2) is 15.1 Å². The number of rotatable bonds is 3. The third kappa shape index (κ3) is 2.06. The molecule has 0 radical (unpaired) electrons. The van der Waals surface area contributed by atoms with Gasteiger partial charge in [-0.2, -0.15) is 0 Å². The number of aromatic nitrogens is 1. The van der Waals surface area contributed by atoms with Crippen LogP contribution in [0.1, 0.15) is 22.5 Å². The lowest BCUT2D eigenvalue weighted by molar-refractivity contribution is -0.384. The number of hydrogen-bond acceptors (Lipinski definition) is 5. The molecule has 0 aliphatic heterocycles. The molecule has 0 saturated carbocycles. The minimum Gasteiger partial charge on any atom is -0.392 e. The van der Waals surface area contributed by atoms with Crippen LogP contribution in [0.3, 0.4) is 0 Å². The van der Waals surface area contributed by atoms with E-state index >= 15 is 0 Å². The quantitative estimate of drug-likeness (QED) is 0.502. The van der Waals surface area contributed by atoms with Crippen LogP contribution in [0, 0.1) is 10.1 Å². The fraction of sp³-hybridized carbons (Fsp3) is 0.143. The molecule has 9 heteroatoms. The van der Waals surface area contributed by atoms with Crippen LogP contribution in [0.15, 0.2) is 6.20 Å². The fourth-order valence-electron chi connectivity index (χ4n) is 1.09. The number of nitrogens with zero attached hydrogens (tertiary/aromatic N) is 2. The molecular formula is C7H4ClF2N3O3. The minimum atomic E-state index is -3.16. The number of pyridine rings is 1. The molecule has 1 aromatic heterocycles. The smallest absolute Gasteiger partial charge is 0.307 e. The second-order valence-electron chi connectivity index (χ2n) is 2.65. The Balaban J connectivity index is 3.63. The van der Waals surface area contributed by atoms with Gasteiger partial charge in [0.1, 0.15) is 16.9 Å². The molecule has 0 aliphatic rings. The zero-order chi connectivity index (χ0) is 12.5. The van der Waals surface area contributed by atoms with Crippen LogP contribution < -0.4 is 5.73 Å². The van der Waals surface area contributed by atoms with Gasteiger partial charge in [-0.3, -0.25) is 19.9 Å². The SMILES string of the molecule is Nc1cnc(C(F)F)c(C(=O)Cl)c1[N+](=O)[O-]. The summed E-state index contributed by atoms with van der Waals surface area (Å²) >= 11 is 5.00. The Morgan fingerprint density at radius 2 is 2.19 bits per heavy atom. The number of anilines is 1. The van der Waals surface area contributed by atoms with Crippen molar-refractivity contribution in [3.63, 3.8) is 0 Å². The molecule has 0 amide bonds. The Morgan fingerprint density at radius 1 is 1.62 bits per heavy atom. The Hall–Kier alpha value is -1.83. The van der Waals surface area contributed by atoms with Gasteiger partial charge < -0.3 is 5.73 Å². The molecule has 6 nitrogen and oxygen atoms in total. The summed E-state index contributed by atoms with van der Waals surface area (Å²) in [5.41, 5.74) is 1.69. The highest BCUT2D eigenvalue weighted by Crippen LogP contribution is 2.33. The summed E-state index contributed by atoms with van der Waals surface area (Å²) in [5.74, 6) is 0. The maximum absolute atomic E-state index is 12.4. The van der Waals surface area contributed by atoms with E-state index in [0.29, 0.717) is 6.20 Å². The number of nitrogens with two attached hydrogens (primary N) is 1. The van der Waals surface area contributed by atoms with Gasteiger partial charge in [-0.05, 0) is 11.6 Å². The Morgan fingerprint density at radius 3 is 2.56 bits per heavy atom. The fourth-order valence-corrected chi connectivity index (χ4v) is 1.27. The van der Waals surface area contributed by atoms with Crippen LogP contribution in [0.2, 0.25) is 0 Å². The average molecular weight is 252 g/mol. The van der Waals surface area contributed by atoms with Crippen molar-refractivity contribution in [2.75, 3.05) is 5.73 Å². The van der Waals surface area contributed by atoms with Crippen molar-refractivity contribution in [1.82, 2.24) is 4.98 Å². The summed E-state index contributed by atoms with van der Waals surface area (Å²) in [6, 6.07) is 0. The molecule has 16 heavy (non-hydrogen) atoms. The van der Waals surface area contributed by atoms with Crippen molar-refractivity contribution >= 4 is 28.2 Å². The number of nitro groups is 1. The van der Waals surface area contributed by atoms with Crippen molar-refractivity contribution in [3.05, 3.63) is 27.6 Å². The first-order chi connectivity index (χ1) is 7.36. The second kappa shape index (κ2) is 4.35. The zero-order valence-corrected chi connectivity index (χ0v) is 8.24. The van der Waals surface area contributed by atoms with Crippen molar-refractivity contribution in [2.24, 2.45) is 0 Å². The summed E-state index contributed by atoms with van der Waals surface area (Å²) in [6.07, 6.45) is -2.47. The number of carbonyl (C=O) groups excluding carboxylic acids is 1. The summed E-state index contributed by atoms with van der Waals surface area (Å²) in [7, 11) is 0. The van der Waals surface area contributed by atoms with E-state index in [2.05, 4.69) is 4.98 Å². The normalized spacial score (nSPS) is 10.5. The first-order valence-corrected chi connectivity index (χ1v) is 4.14. The summed E-state index contributed by atoms with van der Waals surface area (Å²) in [4.78, 5) is 23.5. The summed E-state index contributed by atoms with van der Waals surface area (Å²) < 4.78 is 24.9. The first kappa shape index (κ1) is 12.2. The van der Waals surface area contributed by atoms with Crippen LogP contribution in [0.25, 0.3) is 0 Å². The van der Waals surface area contributed by atoms with E-state index in [9.17, 15) is 23.7 Å². The lowest BCUT2D eigenvalue weighted by atomic mass is 10.1. The van der Waals surface area contributed by atoms with Crippen molar-refractivity contribution in [1.29, 1.82) is 0 Å². The van der Waals surface area contributed by atoms with E-state index in [1.807, 2.05) is 0 Å². The summed E-state index contributed by atoms with van der Waals surface area (Å²) in [5, 5.41) is 9.16. The van der Waals surface area contributed by atoms with E-state index in [1.165, 1.54) is 0 Å². The molecule has 0 unspecified atom stereocenters. The number of nitrogen functional groups attached to an aromatic ring is 1. The lowest BCUT2D eigenvalue weighted by Gasteiger charge is -2.06. The third-order valence-electron chi connectivity index (χ3n) is 1.69. The molecule has 0 spiro atoms. The maximum Gasteiger partial charge on any atom is 0.307 e. The molecule has 0 fully saturated rings. The van der Waals surface area contributed by atoms with Crippen molar-refractivity contribution in [2.45, 2.75) is 6.43 Å². The number of halogens is 3. The van der Waals surface area contributed by atoms with Gasteiger partial charge in [-0.15, -0.1) is 0 Å². The number of alkyl halides is 2. The van der Waals surface area contributed by atoms with E-state index < -0.39 is 39.2 Å². The van der Waals surface area contributed by atoms with Crippen LogP contribution in [0.4, 0.5) is 20.2 Å². The molecule has 0 bridgehead atoms. The molecule has 0 aromatic carbocycles. The molecule has 86 valence electrons. The molecule has 0 saturated heterocycles. The monoisotopic (exact) mass is 251 g/mol. The van der Waals surface area contributed by atoms with E-state index in [1.54, 1.807) is 0 Å². The topological polar surface area (TPSA) is 99.1 Å². The van der Waals surface area contributed by atoms with E-state index in [-0.39, 0.29) is 0 Å². The van der Waals surface area contributed by atoms with Crippen molar-refractivity contribution < 1.29 is 18.5 Å². The highest BCUT2D eigenvalue weighted by atomic mass is 35.5. The Labute approximate surface area is 92.2 Å². The Kier molecular flexibility index (Phi) is 3.33. The Bertz CT molecular complexity index is 466. The summed E-state index contributed by atoms with van der Waals surface area (Å²) in [6.45, 7) is 0. The van der Waals surface area contributed by atoms with Crippen LogP contribution in [0.5, 0.6) is 0 Å². The standard InChI is InChI=1S/C7H4ClF2N3O3/c8-6(14)3-4(7(9)10)12-1-2(11)5(3)13(15)16/h1,7H,11H2. The zero-order valence-electron chi connectivity index (χ0n) is 7.49. The highest BCUT2D eigenvalue weighted by molar-refractivity contribution is 6.68. The molecule has 1 aromatic rings. The van der Waals surface area contributed by atoms with Gasteiger partial charge >= 0.3 is 5.69 Å². The van der Waals surface area contributed by atoms with Gasteiger partial charge in [0.15, 0.2) is 0 Å². The second-order valence-corrected chi connectivity index (χ2v) is 3.00. The predicted octanol–water partition coefficient (Wildman–Crippen LogP) is 1.89. The van der Waals surface area contributed by atoms with Gasteiger partial charge in [0, 0.05) is 0 Å². The first-order valence-electron chi connectivity index (χ1n) is 3.77. The van der Waals surface area contributed by atoms with Gasteiger partial charge in [0.2, 0.25) is 0 Å². The predicted molar refractivity (Wildman–Crippen MR) is 50.4 cm³/mol. The lowest BCUT2D eigenvalue weighted by Crippen LogP contribution is -2.09. The van der Waals surface area contributed by atoms with Gasteiger partial charge in [-0.1, -0.05) is 0 Å². The minimum absolute atomic E-state index is 0.501. The molecule has 1 rings (SSSR count). The third-order valence-corrected chi connectivity index (χ3v) is 1.88. The van der Waals surface area contributed by atoms with Crippen LogP contribution >= 0.6 is 11.6 Å². The van der Waals surface area contributed by atoms with Crippen LogP contribution in [-0.2, 0) is 0 Å². The molecule has 1 heterocycles. The number of carbonyl (C=O) groups is 1. The molecular weight excluding hydrogens is 248 g/mol. The highest BCUT2D eigenvalue weighted by Gasteiger charge is 2.31. The molecule has 2 N–H and O–H groups in total. The average Bonchev–Trinajstić information content (AvgIpc) is 2.15. The van der Waals surface area contributed by atoms with Gasteiger partial charge in [-0.25, -0.2) is 8.78 Å². The number of hydrogen-bond donors (Lipinski definition) is 1. The van der Waals surface area contributed by atoms with Crippen molar-refractivity contribution in [3.8, 4) is 0 Å². The van der Waals surface area contributed by atoms with Gasteiger partial charge in [0.05, 0.1) is 11.1 Å². The molecule has 0 aliphatic carbocycles. The van der Waals surface area contributed by atoms with E-state index in [0.717, 1.165) is 0 Å². The largest absolute Gasteiger partial charge is 0.392 e. The molecule has 0 atom stereocenters. The van der Waals surface area contributed by atoms with E-state index in [4.69, 9.17) is 17.3 Å². The maximum atomic E-state index is 12.4. The van der Waals surface area contributed by atoms with Gasteiger partial charge in [0.25, 0.3) is 11.7 Å².